The highest BCUT2D eigenvalue weighted by atomic mass is 16.1. The largest absolute Gasteiger partial charge is 0.354 e. The van der Waals surface area contributed by atoms with E-state index in [1.54, 1.807) is 0 Å². The Kier molecular flexibility index (Phi) is 5.61. The van der Waals surface area contributed by atoms with Crippen LogP contribution in [0, 0.1) is 22.7 Å². The summed E-state index contributed by atoms with van der Waals surface area (Å²) < 4.78 is 0. The smallest absolute Gasteiger partial charge is 0.237 e. The SMILES string of the molecule is CCCC(C#N)C(=O)NCC1(C)CCN(C)CC1. The van der Waals surface area contributed by atoms with Gasteiger partial charge in [-0.1, -0.05) is 20.3 Å². The van der Waals surface area contributed by atoms with Crippen molar-refractivity contribution in [2.45, 2.75) is 39.5 Å². The maximum Gasteiger partial charge on any atom is 0.237 e. The molecule has 1 atom stereocenters. The van der Waals surface area contributed by atoms with Crippen molar-refractivity contribution in [1.82, 2.24) is 10.2 Å². The molecule has 1 unspecified atom stereocenters. The Bertz CT molecular complexity index is 313. The Morgan fingerprint density at radius 2 is 2.11 bits per heavy atom. The van der Waals surface area contributed by atoms with E-state index in [0.29, 0.717) is 13.0 Å². The molecule has 0 spiro atoms. The summed E-state index contributed by atoms with van der Waals surface area (Å²) in [5.74, 6) is -0.579. The minimum Gasteiger partial charge on any atom is -0.354 e. The lowest BCUT2D eigenvalue weighted by Gasteiger charge is -2.38. The molecular weight excluding hydrogens is 226 g/mol. The van der Waals surface area contributed by atoms with Gasteiger partial charge in [-0.3, -0.25) is 4.79 Å². The van der Waals surface area contributed by atoms with Crippen molar-refractivity contribution >= 4 is 5.91 Å². The second-order valence-electron chi connectivity index (χ2n) is 5.80. The van der Waals surface area contributed by atoms with Crippen LogP contribution >= 0.6 is 0 Å². The van der Waals surface area contributed by atoms with E-state index in [0.717, 1.165) is 32.4 Å². The van der Waals surface area contributed by atoms with Crippen LogP contribution in [0.3, 0.4) is 0 Å². The molecule has 1 heterocycles. The van der Waals surface area contributed by atoms with Crippen LogP contribution in [0.15, 0.2) is 0 Å². The van der Waals surface area contributed by atoms with E-state index in [-0.39, 0.29) is 11.3 Å². The quantitative estimate of drug-likeness (QED) is 0.810. The van der Waals surface area contributed by atoms with Crippen LogP contribution in [0.2, 0.25) is 0 Å². The van der Waals surface area contributed by atoms with E-state index in [2.05, 4.69) is 30.3 Å². The van der Waals surface area contributed by atoms with Crippen molar-refractivity contribution in [1.29, 1.82) is 5.26 Å². The zero-order valence-corrected chi connectivity index (χ0v) is 11.8. The molecule has 0 saturated carbocycles. The fraction of sp³-hybridized carbons (Fsp3) is 0.857. The molecule has 1 aliphatic rings. The van der Waals surface area contributed by atoms with Gasteiger partial charge in [0.2, 0.25) is 5.91 Å². The first-order valence-electron chi connectivity index (χ1n) is 6.86. The first kappa shape index (κ1) is 15.0. The predicted octanol–water partition coefficient (Wildman–Crippen LogP) is 1.77. The molecule has 1 saturated heterocycles. The van der Waals surface area contributed by atoms with E-state index in [1.165, 1.54) is 0 Å². The molecule has 0 aromatic rings. The van der Waals surface area contributed by atoms with Gasteiger partial charge in [-0.25, -0.2) is 0 Å². The van der Waals surface area contributed by atoms with Gasteiger partial charge < -0.3 is 10.2 Å². The fourth-order valence-corrected chi connectivity index (χ4v) is 2.30. The van der Waals surface area contributed by atoms with Crippen LogP contribution in [0.1, 0.15) is 39.5 Å². The lowest BCUT2D eigenvalue weighted by atomic mass is 9.80. The average Bonchev–Trinajstić information content (AvgIpc) is 2.37. The number of likely N-dealkylation sites (tertiary alicyclic amines) is 1. The molecule has 0 aliphatic carbocycles. The Balaban J connectivity index is 2.40. The van der Waals surface area contributed by atoms with Crippen molar-refractivity contribution in [3.05, 3.63) is 0 Å². The molecule has 1 amide bonds. The molecule has 1 fully saturated rings. The monoisotopic (exact) mass is 251 g/mol. The molecule has 0 bridgehead atoms. The molecular formula is C14H25N3O. The van der Waals surface area contributed by atoms with Crippen LogP contribution in [-0.2, 0) is 4.79 Å². The molecule has 1 aliphatic heterocycles. The van der Waals surface area contributed by atoms with Gasteiger partial charge in [0.15, 0.2) is 0 Å². The van der Waals surface area contributed by atoms with Crippen molar-refractivity contribution in [2.75, 3.05) is 26.7 Å². The van der Waals surface area contributed by atoms with Gasteiger partial charge in [0, 0.05) is 6.54 Å². The Morgan fingerprint density at radius 1 is 1.50 bits per heavy atom. The number of nitrogens with one attached hydrogen (secondary N) is 1. The van der Waals surface area contributed by atoms with Crippen LogP contribution in [-0.4, -0.2) is 37.5 Å². The molecule has 1 N–H and O–H groups in total. The standard InChI is InChI=1S/C14H25N3O/c1-4-5-12(10-15)13(18)16-11-14(2)6-8-17(3)9-7-14/h12H,4-9,11H2,1-3H3,(H,16,18). The summed E-state index contributed by atoms with van der Waals surface area (Å²) in [6, 6.07) is 2.09. The molecule has 0 aromatic carbocycles. The second kappa shape index (κ2) is 6.75. The highest BCUT2D eigenvalue weighted by Gasteiger charge is 2.30. The van der Waals surface area contributed by atoms with Gasteiger partial charge in [0.05, 0.1) is 6.07 Å². The molecule has 0 radical (unpaired) electrons. The summed E-state index contributed by atoms with van der Waals surface area (Å²) >= 11 is 0. The summed E-state index contributed by atoms with van der Waals surface area (Å²) in [6.45, 7) is 7.09. The van der Waals surface area contributed by atoms with Crippen LogP contribution < -0.4 is 5.32 Å². The second-order valence-corrected chi connectivity index (χ2v) is 5.80. The number of hydrogen-bond donors (Lipinski definition) is 1. The van der Waals surface area contributed by atoms with E-state index in [9.17, 15) is 4.79 Å². The molecule has 0 aromatic heterocycles. The lowest BCUT2D eigenvalue weighted by Crippen LogP contribution is -2.44. The van der Waals surface area contributed by atoms with Crippen molar-refractivity contribution in [3.63, 3.8) is 0 Å². The van der Waals surface area contributed by atoms with E-state index in [4.69, 9.17) is 5.26 Å². The normalized spacial score (nSPS) is 21.0. The third-order valence-electron chi connectivity index (χ3n) is 3.93. The molecule has 4 nitrogen and oxygen atoms in total. The van der Waals surface area contributed by atoms with Gasteiger partial charge in [-0.15, -0.1) is 0 Å². The maximum absolute atomic E-state index is 11.9. The maximum atomic E-state index is 11.9. The summed E-state index contributed by atoms with van der Waals surface area (Å²) in [7, 11) is 2.13. The Labute approximate surface area is 110 Å². The average molecular weight is 251 g/mol. The van der Waals surface area contributed by atoms with Gasteiger partial charge >= 0.3 is 0 Å². The number of carbonyl (C=O) groups excluding carboxylic acids is 1. The van der Waals surface area contributed by atoms with E-state index in [1.807, 2.05) is 6.92 Å². The Morgan fingerprint density at radius 3 is 2.61 bits per heavy atom. The molecule has 18 heavy (non-hydrogen) atoms. The zero-order valence-electron chi connectivity index (χ0n) is 11.8. The summed E-state index contributed by atoms with van der Waals surface area (Å²) in [4.78, 5) is 14.2. The number of amides is 1. The van der Waals surface area contributed by atoms with Gasteiger partial charge in [-0.2, -0.15) is 5.26 Å². The van der Waals surface area contributed by atoms with Crippen LogP contribution in [0.5, 0.6) is 0 Å². The molecule has 102 valence electrons. The first-order chi connectivity index (χ1) is 8.50. The van der Waals surface area contributed by atoms with Crippen molar-refractivity contribution in [3.8, 4) is 6.07 Å². The number of hydrogen-bond acceptors (Lipinski definition) is 3. The number of nitrogens with zero attached hydrogens (tertiary/aromatic N) is 2. The highest BCUT2D eigenvalue weighted by molar-refractivity contribution is 5.81. The number of nitriles is 1. The number of rotatable bonds is 5. The third kappa shape index (κ3) is 4.30. The fourth-order valence-electron chi connectivity index (χ4n) is 2.30. The number of piperidine rings is 1. The first-order valence-corrected chi connectivity index (χ1v) is 6.86. The van der Waals surface area contributed by atoms with Gasteiger partial charge in [0.25, 0.3) is 0 Å². The minimum absolute atomic E-state index is 0.0977. The minimum atomic E-state index is -0.482. The van der Waals surface area contributed by atoms with Gasteiger partial charge in [0.1, 0.15) is 5.92 Å². The number of carbonyl (C=O) groups is 1. The van der Waals surface area contributed by atoms with Crippen molar-refractivity contribution in [2.24, 2.45) is 11.3 Å². The molecule has 1 rings (SSSR count). The summed E-state index contributed by atoms with van der Waals surface area (Å²) in [6.07, 6.45) is 3.74. The van der Waals surface area contributed by atoms with Crippen molar-refractivity contribution < 1.29 is 4.79 Å². The van der Waals surface area contributed by atoms with Crippen LogP contribution in [0.25, 0.3) is 0 Å². The predicted molar refractivity (Wildman–Crippen MR) is 71.9 cm³/mol. The summed E-state index contributed by atoms with van der Waals surface area (Å²) in [5.41, 5.74) is 0.189. The zero-order chi connectivity index (χ0) is 13.6. The van der Waals surface area contributed by atoms with Crippen LogP contribution in [0.4, 0.5) is 0 Å². The van der Waals surface area contributed by atoms with E-state index >= 15 is 0 Å². The van der Waals surface area contributed by atoms with Gasteiger partial charge in [-0.05, 0) is 44.8 Å². The van der Waals surface area contributed by atoms with E-state index < -0.39 is 5.92 Å². The molecule has 4 heteroatoms. The highest BCUT2D eigenvalue weighted by Crippen LogP contribution is 2.29. The Hall–Kier alpha value is -1.08. The lowest BCUT2D eigenvalue weighted by molar-refractivity contribution is -0.124. The summed E-state index contributed by atoms with van der Waals surface area (Å²) in [5, 5.41) is 11.9. The topological polar surface area (TPSA) is 56.1 Å². The third-order valence-corrected chi connectivity index (χ3v) is 3.93.